The molecule has 4 heteroatoms. The van der Waals surface area contributed by atoms with Gasteiger partial charge in [0.25, 0.3) is 0 Å². The molecule has 1 aromatic carbocycles. The molecule has 0 aromatic heterocycles. The van der Waals surface area contributed by atoms with Crippen LogP contribution in [0.4, 0.5) is 4.39 Å². The highest BCUT2D eigenvalue weighted by Gasteiger charge is 2.10. The number of nitrogens with one attached hydrogen (secondary N) is 1. The first kappa shape index (κ1) is 15.9. The highest BCUT2D eigenvalue weighted by molar-refractivity contribution is 5.34. The fraction of sp³-hybridized carbons (Fsp3) is 0.600. The van der Waals surface area contributed by atoms with E-state index in [0.29, 0.717) is 38.2 Å². The molecule has 0 radical (unpaired) electrons. The predicted molar refractivity (Wildman–Crippen MR) is 75.0 cm³/mol. The van der Waals surface area contributed by atoms with Crippen molar-refractivity contribution >= 4 is 0 Å². The van der Waals surface area contributed by atoms with Gasteiger partial charge in [0.2, 0.25) is 0 Å². The van der Waals surface area contributed by atoms with Crippen molar-refractivity contribution in [3.8, 4) is 5.75 Å². The summed E-state index contributed by atoms with van der Waals surface area (Å²) in [4.78, 5) is 0. The molecular weight excluding hydrogens is 245 g/mol. The molecule has 0 saturated heterocycles. The van der Waals surface area contributed by atoms with Gasteiger partial charge in [-0.3, -0.25) is 0 Å². The maximum Gasteiger partial charge on any atom is 0.165 e. The Labute approximate surface area is 115 Å². The number of hydrogen-bond acceptors (Lipinski definition) is 3. The molecule has 0 aliphatic rings. The highest BCUT2D eigenvalue weighted by Crippen LogP contribution is 2.22. The summed E-state index contributed by atoms with van der Waals surface area (Å²) in [6, 6.07) is 5.35. The second-order valence-corrected chi connectivity index (χ2v) is 4.72. The van der Waals surface area contributed by atoms with Crippen LogP contribution in [0.25, 0.3) is 0 Å². The van der Waals surface area contributed by atoms with Gasteiger partial charge < -0.3 is 14.8 Å². The Hall–Kier alpha value is -1.13. The van der Waals surface area contributed by atoms with E-state index in [9.17, 15) is 4.39 Å². The second kappa shape index (κ2) is 8.88. The lowest BCUT2D eigenvalue weighted by Crippen LogP contribution is -2.22. The van der Waals surface area contributed by atoms with Gasteiger partial charge in [-0.1, -0.05) is 32.9 Å². The minimum Gasteiger partial charge on any atom is -0.488 e. The number of halogens is 1. The molecule has 1 rings (SSSR count). The summed E-state index contributed by atoms with van der Waals surface area (Å²) >= 11 is 0. The van der Waals surface area contributed by atoms with E-state index in [2.05, 4.69) is 19.2 Å². The summed E-state index contributed by atoms with van der Waals surface area (Å²) in [5, 5.41) is 3.26. The Balaban J connectivity index is 2.54. The van der Waals surface area contributed by atoms with Crippen LogP contribution >= 0.6 is 0 Å². The molecule has 0 aliphatic heterocycles. The molecule has 3 nitrogen and oxygen atoms in total. The fourth-order valence-electron chi connectivity index (χ4n) is 1.62. The molecule has 0 fully saturated rings. The van der Waals surface area contributed by atoms with Gasteiger partial charge in [-0.05, 0) is 12.5 Å². The average Bonchev–Trinajstić information content (AvgIpc) is 2.38. The molecule has 0 saturated carbocycles. The Morgan fingerprint density at radius 1 is 1.21 bits per heavy atom. The SMILES string of the molecule is CCCOCCOc1c(F)cccc1CNC(C)C. The van der Waals surface area contributed by atoms with Crippen molar-refractivity contribution in [3.05, 3.63) is 29.6 Å². The van der Waals surface area contributed by atoms with Gasteiger partial charge in [-0.25, -0.2) is 4.39 Å². The van der Waals surface area contributed by atoms with Gasteiger partial charge in [0, 0.05) is 24.8 Å². The van der Waals surface area contributed by atoms with Crippen molar-refractivity contribution in [2.24, 2.45) is 0 Å². The van der Waals surface area contributed by atoms with Crippen LogP contribution < -0.4 is 10.1 Å². The maximum atomic E-state index is 13.8. The summed E-state index contributed by atoms with van der Waals surface area (Å²) in [6.07, 6.45) is 0.975. The first-order valence-corrected chi connectivity index (χ1v) is 6.86. The third-order valence-corrected chi connectivity index (χ3v) is 2.57. The summed E-state index contributed by atoms with van der Waals surface area (Å²) in [5.74, 6) is 0.00861. The maximum absolute atomic E-state index is 13.8. The van der Waals surface area contributed by atoms with Crippen LogP contribution in [-0.4, -0.2) is 25.9 Å². The summed E-state index contributed by atoms with van der Waals surface area (Å²) in [6.45, 7) is 8.32. The standard InChI is InChI=1S/C15H24FNO2/c1-4-8-18-9-10-19-15-13(11-17-12(2)3)6-5-7-14(15)16/h5-7,12,17H,4,8-11H2,1-3H3. The second-order valence-electron chi connectivity index (χ2n) is 4.72. The number of hydrogen-bond donors (Lipinski definition) is 1. The molecular formula is C15H24FNO2. The van der Waals surface area contributed by atoms with Gasteiger partial charge >= 0.3 is 0 Å². The first-order chi connectivity index (χ1) is 9.15. The minimum atomic E-state index is -0.321. The Kier molecular flexibility index (Phi) is 7.45. The van der Waals surface area contributed by atoms with Crippen LogP contribution in [0.3, 0.4) is 0 Å². The molecule has 0 aliphatic carbocycles. The molecule has 19 heavy (non-hydrogen) atoms. The molecule has 0 spiro atoms. The minimum absolute atomic E-state index is 0.321. The lowest BCUT2D eigenvalue weighted by Gasteiger charge is -2.14. The molecule has 0 atom stereocenters. The van der Waals surface area contributed by atoms with Gasteiger partial charge in [-0.2, -0.15) is 0 Å². The lowest BCUT2D eigenvalue weighted by atomic mass is 10.2. The molecule has 0 unspecified atom stereocenters. The summed E-state index contributed by atoms with van der Waals surface area (Å²) in [5.41, 5.74) is 0.837. The third kappa shape index (κ3) is 6.03. The Bertz CT molecular complexity index is 369. The lowest BCUT2D eigenvalue weighted by molar-refractivity contribution is 0.0987. The number of benzene rings is 1. The topological polar surface area (TPSA) is 30.5 Å². The zero-order valence-corrected chi connectivity index (χ0v) is 12.0. The zero-order chi connectivity index (χ0) is 14.1. The van der Waals surface area contributed by atoms with E-state index in [-0.39, 0.29) is 5.82 Å². The number of ether oxygens (including phenoxy) is 2. The van der Waals surface area contributed by atoms with Crippen LogP contribution in [0.15, 0.2) is 18.2 Å². The van der Waals surface area contributed by atoms with Crippen molar-refractivity contribution in [3.63, 3.8) is 0 Å². The zero-order valence-electron chi connectivity index (χ0n) is 12.0. The summed E-state index contributed by atoms with van der Waals surface area (Å²) < 4.78 is 24.6. The molecule has 0 amide bonds. The average molecular weight is 269 g/mol. The third-order valence-electron chi connectivity index (χ3n) is 2.57. The van der Waals surface area contributed by atoms with Crippen molar-refractivity contribution in [2.75, 3.05) is 19.8 Å². The highest BCUT2D eigenvalue weighted by atomic mass is 19.1. The van der Waals surface area contributed by atoms with Gasteiger partial charge in [0.1, 0.15) is 6.61 Å². The molecule has 1 N–H and O–H groups in total. The molecule has 108 valence electrons. The Morgan fingerprint density at radius 3 is 2.68 bits per heavy atom. The largest absolute Gasteiger partial charge is 0.488 e. The van der Waals surface area contributed by atoms with Gasteiger partial charge in [-0.15, -0.1) is 0 Å². The van der Waals surface area contributed by atoms with Crippen LogP contribution in [0.5, 0.6) is 5.75 Å². The number of rotatable bonds is 9. The van der Waals surface area contributed by atoms with E-state index in [0.717, 1.165) is 12.0 Å². The normalized spacial score (nSPS) is 11.0. The first-order valence-electron chi connectivity index (χ1n) is 6.86. The van der Waals surface area contributed by atoms with Crippen LogP contribution in [0.1, 0.15) is 32.8 Å². The van der Waals surface area contributed by atoms with Crippen LogP contribution in [0.2, 0.25) is 0 Å². The molecule has 0 heterocycles. The smallest absolute Gasteiger partial charge is 0.165 e. The predicted octanol–water partition coefficient (Wildman–Crippen LogP) is 3.13. The van der Waals surface area contributed by atoms with Crippen molar-refractivity contribution in [2.45, 2.75) is 39.8 Å². The fourth-order valence-corrected chi connectivity index (χ4v) is 1.62. The summed E-state index contributed by atoms with van der Waals surface area (Å²) in [7, 11) is 0. The van der Waals surface area contributed by atoms with Crippen molar-refractivity contribution in [1.82, 2.24) is 5.32 Å². The van der Waals surface area contributed by atoms with E-state index in [1.165, 1.54) is 6.07 Å². The van der Waals surface area contributed by atoms with E-state index < -0.39 is 0 Å². The van der Waals surface area contributed by atoms with Crippen molar-refractivity contribution in [1.29, 1.82) is 0 Å². The van der Waals surface area contributed by atoms with Crippen molar-refractivity contribution < 1.29 is 13.9 Å². The molecule has 1 aromatic rings. The monoisotopic (exact) mass is 269 g/mol. The van der Waals surface area contributed by atoms with Crippen LogP contribution in [0, 0.1) is 5.82 Å². The van der Waals surface area contributed by atoms with E-state index in [1.54, 1.807) is 6.07 Å². The van der Waals surface area contributed by atoms with E-state index in [4.69, 9.17) is 9.47 Å². The van der Waals surface area contributed by atoms with Crippen LogP contribution in [-0.2, 0) is 11.3 Å². The Morgan fingerprint density at radius 2 is 2.00 bits per heavy atom. The van der Waals surface area contributed by atoms with E-state index in [1.807, 2.05) is 13.0 Å². The quantitative estimate of drug-likeness (QED) is 0.699. The van der Waals surface area contributed by atoms with E-state index >= 15 is 0 Å². The number of para-hydroxylation sites is 1. The molecule has 0 bridgehead atoms. The van der Waals surface area contributed by atoms with Gasteiger partial charge in [0.05, 0.1) is 6.61 Å². The van der Waals surface area contributed by atoms with Gasteiger partial charge in [0.15, 0.2) is 11.6 Å².